The molecule has 0 saturated heterocycles. The highest BCUT2D eigenvalue weighted by Crippen LogP contribution is 2.48. The fraction of sp³-hybridized carbons (Fsp3) is 0.333. The van der Waals surface area contributed by atoms with Crippen LogP contribution in [0.5, 0.6) is 0 Å². The van der Waals surface area contributed by atoms with E-state index < -0.39 is 17.7 Å². The van der Waals surface area contributed by atoms with Gasteiger partial charge in [-0.25, -0.2) is 14.4 Å². The predicted molar refractivity (Wildman–Crippen MR) is 138 cm³/mol. The first-order valence-corrected chi connectivity index (χ1v) is 13.2. The number of aliphatic carboxylic acids is 1. The van der Waals surface area contributed by atoms with Crippen LogP contribution in [0, 0.1) is 11.7 Å². The van der Waals surface area contributed by atoms with Crippen LogP contribution >= 0.6 is 0 Å². The van der Waals surface area contributed by atoms with Gasteiger partial charge in [0.25, 0.3) is 5.91 Å². The molecule has 0 spiro atoms. The highest BCUT2D eigenvalue weighted by molar-refractivity contribution is 5.93. The largest absolute Gasteiger partial charge is 0.481 e. The van der Waals surface area contributed by atoms with E-state index in [1.807, 2.05) is 27.5 Å². The maximum Gasteiger partial charge on any atom is 0.307 e. The van der Waals surface area contributed by atoms with E-state index in [1.165, 1.54) is 17.2 Å². The van der Waals surface area contributed by atoms with Crippen molar-refractivity contribution in [1.29, 1.82) is 0 Å². The molecule has 1 amide bonds. The molecule has 2 saturated carbocycles. The average molecular weight is 511 g/mol. The molecule has 3 aliphatic rings. The number of fused-ring (bicyclic) bond motifs is 2. The Hall–Kier alpha value is -4.07. The second-order valence-corrected chi connectivity index (χ2v) is 10.8. The zero-order valence-corrected chi connectivity index (χ0v) is 21.0. The Kier molecular flexibility index (Phi) is 5.15. The van der Waals surface area contributed by atoms with Crippen LogP contribution in [0.2, 0.25) is 0 Å². The quantitative estimate of drug-likeness (QED) is 0.391. The molecular formula is C30H27FN4O3. The number of hydrogen-bond donors (Lipinski definition) is 1. The molecule has 1 N–H and O–H groups in total. The van der Waals surface area contributed by atoms with E-state index in [0.29, 0.717) is 47.2 Å². The number of nitrogens with zero attached hydrogens (tertiary/aromatic N) is 4. The summed E-state index contributed by atoms with van der Waals surface area (Å²) in [4.78, 5) is 36.1. The Balaban J connectivity index is 1.23. The third-order valence-electron chi connectivity index (χ3n) is 8.35. The molecule has 7 nitrogen and oxygen atoms in total. The minimum Gasteiger partial charge on any atom is -0.481 e. The van der Waals surface area contributed by atoms with Gasteiger partial charge in [0.05, 0.1) is 17.7 Å². The van der Waals surface area contributed by atoms with E-state index in [2.05, 4.69) is 29.0 Å². The number of carboxylic acids is 1. The van der Waals surface area contributed by atoms with Gasteiger partial charge < -0.3 is 10.0 Å². The van der Waals surface area contributed by atoms with E-state index in [1.54, 1.807) is 18.3 Å². The molecule has 0 unspecified atom stereocenters. The normalized spacial score (nSPS) is 22.4. The maximum absolute atomic E-state index is 15.2. The standard InChI is InChI=1S/C30H27FN4O3/c1-16-20-5-3-2-4-17(20)10-11-34(16)28(36)25-14-27(18-6-7-18)35-15-26(33-30(35)32-25)21-9-8-19(12-24(21)31)22-13-23(22)29(37)38/h2-5,8-9,12,14-16,18,22-23H,6-7,10-11,13H2,1H3,(H,37,38)/t16-,22+,23-/m1/s1. The van der Waals surface area contributed by atoms with Crippen LogP contribution in [-0.2, 0) is 11.2 Å². The second-order valence-electron chi connectivity index (χ2n) is 10.8. The zero-order chi connectivity index (χ0) is 26.1. The molecule has 2 aliphatic carbocycles. The van der Waals surface area contributed by atoms with Crippen molar-refractivity contribution in [3.8, 4) is 11.3 Å². The fourth-order valence-corrected chi connectivity index (χ4v) is 5.92. The van der Waals surface area contributed by atoms with Crippen molar-refractivity contribution in [1.82, 2.24) is 19.3 Å². The molecule has 0 bridgehead atoms. The summed E-state index contributed by atoms with van der Waals surface area (Å²) in [7, 11) is 0. The van der Waals surface area contributed by atoms with Crippen molar-refractivity contribution in [2.45, 2.75) is 50.5 Å². The Morgan fingerprint density at radius 1 is 1.08 bits per heavy atom. The van der Waals surface area contributed by atoms with Crippen LogP contribution in [-0.4, -0.2) is 42.8 Å². The second kappa shape index (κ2) is 8.48. The summed E-state index contributed by atoms with van der Waals surface area (Å²) < 4.78 is 17.1. The summed E-state index contributed by atoms with van der Waals surface area (Å²) in [5.74, 6) is -1.27. The van der Waals surface area contributed by atoms with Crippen LogP contribution in [0.4, 0.5) is 4.39 Å². The monoisotopic (exact) mass is 510 g/mol. The van der Waals surface area contributed by atoms with Gasteiger partial charge in [0, 0.05) is 24.0 Å². The van der Waals surface area contributed by atoms with E-state index in [4.69, 9.17) is 0 Å². The van der Waals surface area contributed by atoms with Crippen LogP contribution in [0.3, 0.4) is 0 Å². The van der Waals surface area contributed by atoms with Gasteiger partial charge >= 0.3 is 5.97 Å². The van der Waals surface area contributed by atoms with E-state index in [9.17, 15) is 14.7 Å². The van der Waals surface area contributed by atoms with Gasteiger partial charge in [-0.3, -0.25) is 14.0 Å². The molecule has 3 heterocycles. The van der Waals surface area contributed by atoms with Gasteiger partial charge in [-0.05, 0) is 79.3 Å². The van der Waals surface area contributed by atoms with Crippen molar-refractivity contribution in [2.24, 2.45) is 5.92 Å². The van der Waals surface area contributed by atoms with Gasteiger partial charge in [0.15, 0.2) is 0 Å². The van der Waals surface area contributed by atoms with E-state index in [-0.39, 0.29) is 17.9 Å². The highest BCUT2D eigenvalue weighted by atomic mass is 19.1. The summed E-state index contributed by atoms with van der Waals surface area (Å²) in [5.41, 5.74) is 5.26. The first kappa shape index (κ1) is 23.1. The smallest absolute Gasteiger partial charge is 0.307 e. The van der Waals surface area contributed by atoms with Crippen molar-refractivity contribution >= 4 is 17.7 Å². The van der Waals surface area contributed by atoms with E-state index >= 15 is 4.39 Å². The number of halogens is 1. The molecule has 2 aromatic carbocycles. The number of carbonyl (C=O) groups is 2. The minimum atomic E-state index is -0.841. The Morgan fingerprint density at radius 3 is 2.63 bits per heavy atom. The lowest BCUT2D eigenvalue weighted by Gasteiger charge is -2.35. The summed E-state index contributed by atoms with van der Waals surface area (Å²) in [5, 5.41) is 9.21. The molecule has 2 fully saturated rings. The van der Waals surface area contributed by atoms with Crippen molar-refractivity contribution in [2.75, 3.05) is 6.54 Å². The molecule has 0 radical (unpaired) electrons. The molecule has 192 valence electrons. The first-order valence-electron chi connectivity index (χ1n) is 13.2. The lowest BCUT2D eigenvalue weighted by Crippen LogP contribution is -2.39. The van der Waals surface area contributed by atoms with Gasteiger partial charge in [0.2, 0.25) is 5.78 Å². The summed E-state index contributed by atoms with van der Waals surface area (Å²) in [6, 6.07) is 14.9. The lowest BCUT2D eigenvalue weighted by molar-refractivity contribution is -0.138. The molecule has 3 atom stereocenters. The number of rotatable bonds is 5. The lowest BCUT2D eigenvalue weighted by atomic mass is 9.93. The fourth-order valence-electron chi connectivity index (χ4n) is 5.92. The summed E-state index contributed by atoms with van der Waals surface area (Å²) in [6.07, 6.45) is 5.20. The topological polar surface area (TPSA) is 87.8 Å². The van der Waals surface area contributed by atoms with Gasteiger partial charge in [-0.1, -0.05) is 30.3 Å². The molecular weight excluding hydrogens is 483 g/mol. The maximum atomic E-state index is 15.2. The Bertz CT molecular complexity index is 1630. The molecule has 4 aromatic rings. The third kappa shape index (κ3) is 3.78. The zero-order valence-electron chi connectivity index (χ0n) is 21.0. The summed E-state index contributed by atoms with van der Waals surface area (Å²) >= 11 is 0. The van der Waals surface area contributed by atoms with Gasteiger partial charge in [0.1, 0.15) is 11.5 Å². The van der Waals surface area contributed by atoms with E-state index in [0.717, 1.165) is 25.0 Å². The van der Waals surface area contributed by atoms with Gasteiger partial charge in [-0.2, -0.15) is 0 Å². The highest BCUT2D eigenvalue weighted by Gasteiger charge is 2.44. The molecule has 38 heavy (non-hydrogen) atoms. The number of amides is 1. The number of hydrogen-bond acceptors (Lipinski definition) is 4. The molecule has 2 aromatic heterocycles. The predicted octanol–water partition coefficient (Wildman–Crippen LogP) is 5.36. The number of carbonyl (C=O) groups excluding carboxylic acids is 1. The summed E-state index contributed by atoms with van der Waals surface area (Å²) in [6.45, 7) is 2.68. The Labute approximate surface area is 219 Å². The first-order chi connectivity index (χ1) is 18.4. The van der Waals surface area contributed by atoms with Crippen LogP contribution < -0.4 is 0 Å². The third-order valence-corrected chi connectivity index (χ3v) is 8.35. The number of imidazole rings is 1. The van der Waals surface area contributed by atoms with Crippen molar-refractivity contribution in [3.63, 3.8) is 0 Å². The molecule has 8 heteroatoms. The average Bonchev–Trinajstić information content (AvgIpc) is 3.84. The van der Waals surface area contributed by atoms with Crippen LogP contribution in [0.15, 0.2) is 54.7 Å². The number of aromatic nitrogens is 3. The minimum absolute atomic E-state index is 0.0510. The molecule has 7 rings (SSSR count). The number of benzene rings is 2. The van der Waals surface area contributed by atoms with Crippen LogP contribution in [0.25, 0.3) is 17.0 Å². The van der Waals surface area contributed by atoms with Crippen LogP contribution in [0.1, 0.15) is 76.9 Å². The van der Waals surface area contributed by atoms with Crippen molar-refractivity contribution in [3.05, 3.63) is 88.6 Å². The van der Waals surface area contributed by atoms with Crippen molar-refractivity contribution < 1.29 is 19.1 Å². The Morgan fingerprint density at radius 2 is 1.89 bits per heavy atom. The SMILES string of the molecule is C[C@@H]1c2ccccc2CCN1C(=O)c1cc(C2CC2)n2cc(-c3ccc([C@@H]4C[C@H]4C(=O)O)cc3F)nc2n1. The van der Waals surface area contributed by atoms with Gasteiger partial charge in [-0.15, -0.1) is 0 Å². The molecule has 1 aliphatic heterocycles. The number of carboxylic acid groups (broad SMARTS) is 1.